The second kappa shape index (κ2) is 18.5. The van der Waals surface area contributed by atoms with E-state index in [1.165, 1.54) is 81.8 Å². The molecule has 0 spiro atoms. The number of hydrogen-bond acceptors (Lipinski definition) is 2. The average molecular weight is 576 g/mol. The monoisotopic (exact) mass is 575 g/mol. The lowest BCUT2D eigenvalue weighted by Crippen LogP contribution is -2.33. The second-order valence-corrected chi connectivity index (χ2v) is 11.6. The summed E-state index contributed by atoms with van der Waals surface area (Å²) in [5.74, 6) is 0.907. The van der Waals surface area contributed by atoms with Crippen LogP contribution in [0.1, 0.15) is 89.5 Å². The van der Waals surface area contributed by atoms with Crippen molar-refractivity contribution in [1.82, 2.24) is 0 Å². The van der Waals surface area contributed by atoms with Gasteiger partial charge in [-0.3, -0.25) is 0 Å². The van der Waals surface area contributed by atoms with Crippen LogP contribution >= 0.6 is 0 Å². The SMILES string of the molecule is CCCCCCCCCC[n+]1ccc(-c2cc[n+](CCCCCCOc3ccc(-c4ccc(C#N)cc4)cc3)cc2)cc1. The van der Waals surface area contributed by atoms with Crippen LogP contribution in [0, 0.1) is 11.3 Å². The predicted molar refractivity (Wildman–Crippen MR) is 175 cm³/mol. The lowest BCUT2D eigenvalue weighted by Gasteiger charge is -2.07. The molecular weight excluding hydrogens is 526 g/mol. The summed E-state index contributed by atoms with van der Waals surface area (Å²) in [6.45, 7) is 5.19. The van der Waals surface area contributed by atoms with Crippen LogP contribution in [-0.2, 0) is 13.1 Å². The number of ether oxygens (including phenoxy) is 1. The van der Waals surface area contributed by atoms with Gasteiger partial charge in [0.2, 0.25) is 0 Å². The summed E-state index contributed by atoms with van der Waals surface area (Å²) < 4.78 is 10.6. The molecule has 4 nitrogen and oxygen atoms in total. The highest BCUT2D eigenvalue weighted by molar-refractivity contribution is 5.65. The van der Waals surface area contributed by atoms with E-state index in [0.29, 0.717) is 5.56 Å². The summed E-state index contributed by atoms with van der Waals surface area (Å²) in [7, 11) is 0. The van der Waals surface area contributed by atoms with E-state index in [-0.39, 0.29) is 0 Å². The summed E-state index contributed by atoms with van der Waals surface area (Å²) in [6, 6.07) is 27.0. The zero-order valence-electron chi connectivity index (χ0n) is 26.1. The maximum absolute atomic E-state index is 8.97. The largest absolute Gasteiger partial charge is 0.494 e. The number of rotatable bonds is 19. The smallest absolute Gasteiger partial charge is 0.169 e. The molecule has 0 radical (unpaired) electrons. The lowest BCUT2D eigenvalue weighted by atomic mass is 10.0. The van der Waals surface area contributed by atoms with Gasteiger partial charge in [0.1, 0.15) is 18.8 Å². The highest BCUT2D eigenvalue weighted by atomic mass is 16.5. The zero-order valence-corrected chi connectivity index (χ0v) is 26.1. The van der Waals surface area contributed by atoms with Crippen LogP contribution < -0.4 is 13.9 Å². The van der Waals surface area contributed by atoms with Crippen LogP contribution in [0.2, 0.25) is 0 Å². The molecule has 4 rings (SSSR count). The van der Waals surface area contributed by atoms with Gasteiger partial charge < -0.3 is 4.74 Å². The van der Waals surface area contributed by atoms with Gasteiger partial charge in [0, 0.05) is 37.1 Å². The lowest BCUT2D eigenvalue weighted by molar-refractivity contribution is -0.697. The second-order valence-electron chi connectivity index (χ2n) is 11.6. The maximum atomic E-state index is 8.97. The fourth-order valence-corrected chi connectivity index (χ4v) is 5.45. The molecule has 2 aromatic carbocycles. The average Bonchev–Trinajstić information content (AvgIpc) is 3.06. The third kappa shape index (κ3) is 11.3. The van der Waals surface area contributed by atoms with Crippen LogP contribution in [0.15, 0.2) is 97.6 Å². The number of pyridine rings is 2. The molecule has 0 saturated carbocycles. The van der Waals surface area contributed by atoms with Crippen molar-refractivity contribution in [3.63, 3.8) is 0 Å². The van der Waals surface area contributed by atoms with Crippen molar-refractivity contribution in [3.05, 3.63) is 103 Å². The Bertz CT molecular complexity index is 1350. The number of nitriles is 1. The van der Waals surface area contributed by atoms with Crippen molar-refractivity contribution in [2.75, 3.05) is 6.61 Å². The summed E-state index contributed by atoms with van der Waals surface area (Å²) in [4.78, 5) is 0. The molecule has 0 aliphatic rings. The molecule has 2 aromatic heterocycles. The van der Waals surface area contributed by atoms with Gasteiger partial charge in [0.15, 0.2) is 24.8 Å². The van der Waals surface area contributed by atoms with Crippen LogP contribution in [0.3, 0.4) is 0 Å². The Morgan fingerprint density at radius 3 is 1.42 bits per heavy atom. The standard InChI is InChI=1S/C39H49N3O/c1-2-3-4-5-6-7-8-11-26-41-28-22-37(23-29-41)38-24-30-42(31-25-38)27-12-9-10-13-32-43-39-20-18-36(19-21-39)35-16-14-34(33-40)15-17-35/h14-25,28-31H,2-13,26-27,32H2,1H3/q+2. The maximum Gasteiger partial charge on any atom is 0.169 e. The van der Waals surface area contributed by atoms with Gasteiger partial charge in [-0.15, -0.1) is 0 Å². The van der Waals surface area contributed by atoms with Gasteiger partial charge in [-0.2, -0.15) is 5.26 Å². The van der Waals surface area contributed by atoms with Crippen molar-refractivity contribution in [2.24, 2.45) is 0 Å². The van der Waals surface area contributed by atoms with Gasteiger partial charge >= 0.3 is 0 Å². The van der Waals surface area contributed by atoms with E-state index in [1.807, 2.05) is 36.4 Å². The molecular formula is C39H49N3O+2. The van der Waals surface area contributed by atoms with Gasteiger partial charge in [-0.05, 0) is 72.2 Å². The van der Waals surface area contributed by atoms with E-state index in [0.717, 1.165) is 43.0 Å². The first-order valence-corrected chi connectivity index (χ1v) is 16.5. The predicted octanol–water partition coefficient (Wildman–Crippen LogP) is 9.25. The van der Waals surface area contributed by atoms with E-state index in [2.05, 4.69) is 83.3 Å². The Morgan fingerprint density at radius 1 is 0.512 bits per heavy atom. The van der Waals surface area contributed by atoms with Gasteiger partial charge in [0.05, 0.1) is 18.2 Å². The number of hydrogen-bond donors (Lipinski definition) is 0. The highest BCUT2D eigenvalue weighted by Crippen LogP contribution is 2.23. The number of nitrogens with zero attached hydrogens (tertiary/aromatic N) is 3. The van der Waals surface area contributed by atoms with E-state index < -0.39 is 0 Å². The van der Waals surface area contributed by atoms with E-state index in [9.17, 15) is 0 Å². The van der Waals surface area contributed by atoms with Gasteiger partial charge in [-0.25, -0.2) is 9.13 Å². The molecule has 0 unspecified atom stereocenters. The van der Waals surface area contributed by atoms with Crippen LogP contribution in [0.5, 0.6) is 5.75 Å². The zero-order chi connectivity index (χ0) is 30.0. The van der Waals surface area contributed by atoms with Crippen molar-refractivity contribution in [3.8, 4) is 34.1 Å². The van der Waals surface area contributed by atoms with Gasteiger partial charge in [0.25, 0.3) is 0 Å². The summed E-state index contributed by atoms with van der Waals surface area (Å²) in [6.07, 6.45) is 24.4. The van der Waals surface area contributed by atoms with Crippen molar-refractivity contribution in [1.29, 1.82) is 5.26 Å². The Labute approximate surface area is 259 Å². The number of benzene rings is 2. The molecule has 0 N–H and O–H groups in total. The molecule has 0 fully saturated rings. The Balaban J connectivity index is 1.06. The van der Waals surface area contributed by atoms with Crippen molar-refractivity contribution < 1.29 is 13.9 Å². The Morgan fingerprint density at radius 2 is 0.930 bits per heavy atom. The molecule has 0 aliphatic carbocycles. The number of unbranched alkanes of at least 4 members (excludes halogenated alkanes) is 10. The summed E-state index contributed by atoms with van der Waals surface area (Å²) >= 11 is 0. The highest BCUT2D eigenvalue weighted by Gasteiger charge is 2.06. The molecule has 0 bridgehead atoms. The van der Waals surface area contributed by atoms with Crippen LogP contribution in [0.25, 0.3) is 22.3 Å². The Hall–Kier alpha value is -3.97. The number of aromatic nitrogens is 2. The molecule has 4 heteroatoms. The first kappa shape index (κ1) is 32.0. The normalized spacial score (nSPS) is 10.9. The minimum absolute atomic E-state index is 0.681. The molecule has 4 aromatic rings. The molecule has 0 aliphatic heterocycles. The molecule has 224 valence electrons. The van der Waals surface area contributed by atoms with Crippen LogP contribution in [0.4, 0.5) is 0 Å². The quantitative estimate of drug-likeness (QED) is 0.0826. The van der Waals surface area contributed by atoms with E-state index in [4.69, 9.17) is 10.00 Å². The molecule has 0 saturated heterocycles. The molecule has 0 atom stereocenters. The van der Waals surface area contributed by atoms with E-state index in [1.54, 1.807) is 0 Å². The summed E-state index contributed by atoms with van der Waals surface area (Å²) in [5.41, 5.74) is 5.47. The topological polar surface area (TPSA) is 40.8 Å². The molecule has 2 heterocycles. The summed E-state index contributed by atoms with van der Waals surface area (Å²) in [5, 5.41) is 8.97. The number of aryl methyl sites for hydroxylation is 2. The first-order valence-electron chi connectivity index (χ1n) is 16.5. The Kier molecular flexibility index (Phi) is 13.8. The van der Waals surface area contributed by atoms with Crippen molar-refractivity contribution in [2.45, 2.75) is 97.1 Å². The minimum Gasteiger partial charge on any atom is -0.494 e. The van der Waals surface area contributed by atoms with Crippen molar-refractivity contribution >= 4 is 0 Å². The van der Waals surface area contributed by atoms with E-state index >= 15 is 0 Å². The van der Waals surface area contributed by atoms with Crippen LogP contribution in [-0.4, -0.2) is 6.61 Å². The minimum atomic E-state index is 0.681. The third-order valence-corrected chi connectivity index (χ3v) is 8.17. The fraction of sp³-hybridized carbons (Fsp3) is 0.410. The third-order valence-electron chi connectivity index (χ3n) is 8.17. The molecule has 0 amide bonds. The molecule has 43 heavy (non-hydrogen) atoms. The fourth-order valence-electron chi connectivity index (χ4n) is 5.45. The van der Waals surface area contributed by atoms with Gasteiger partial charge in [-0.1, -0.05) is 69.7 Å². The first-order chi connectivity index (χ1) is 21.2.